The van der Waals surface area contributed by atoms with Crippen LogP contribution in [0.4, 0.5) is 0 Å². The van der Waals surface area contributed by atoms with Crippen LogP contribution in [0, 0.1) is 11.8 Å². The van der Waals surface area contributed by atoms with E-state index in [4.69, 9.17) is 37.0 Å². The number of hydrogen-bond acceptors (Lipinski definition) is 15. The fourth-order valence-corrected chi connectivity index (χ4v) is 14.3. The van der Waals surface area contributed by atoms with Crippen LogP contribution in [0.5, 0.6) is 0 Å². The van der Waals surface area contributed by atoms with Gasteiger partial charge in [-0.2, -0.15) is 0 Å². The summed E-state index contributed by atoms with van der Waals surface area (Å²) in [5, 5.41) is 10.6. The second-order valence-corrected chi connectivity index (χ2v) is 33.7. The number of carbonyl (C=O) groups is 4. The number of allylic oxidation sites excluding steroid dienone is 4. The molecule has 5 atom stereocenters. The fourth-order valence-electron chi connectivity index (χ4n) is 12.7. The number of unbranched alkanes of at least 4 members (excludes halogenated alkanes) is 49. The minimum Gasteiger partial charge on any atom is -0.462 e. The molecule has 0 rings (SSSR count). The van der Waals surface area contributed by atoms with Crippen molar-refractivity contribution in [2.24, 2.45) is 11.8 Å². The van der Waals surface area contributed by atoms with Crippen LogP contribution in [0.15, 0.2) is 24.3 Å². The molecule has 17 nitrogen and oxygen atoms in total. The van der Waals surface area contributed by atoms with E-state index in [9.17, 15) is 43.2 Å². The highest BCUT2D eigenvalue weighted by Crippen LogP contribution is 2.45. The first-order chi connectivity index (χ1) is 50.4. The van der Waals surface area contributed by atoms with Gasteiger partial charge in [-0.3, -0.25) is 37.3 Å². The molecule has 2 unspecified atom stereocenters. The maximum absolute atomic E-state index is 13.1. The van der Waals surface area contributed by atoms with Crippen molar-refractivity contribution in [3.05, 3.63) is 24.3 Å². The van der Waals surface area contributed by atoms with Gasteiger partial charge in [0.05, 0.1) is 26.4 Å². The lowest BCUT2D eigenvalue weighted by Gasteiger charge is -2.21. The third-order valence-electron chi connectivity index (χ3n) is 19.3. The summed E-state index contributed by atoms with van der Waals surface area (Å²) in [5.41, 5.74) is 0. The van der Waals surface area contributed by atoms with Gasteiger partial charge in [0.25, 0.3) is 0 Å². The molecule has 0 spiro atoms. The van der Waals surface area contributed by atoms with E-state index in [2.05, 4.69) is 65.8 Å². The Kier molecular flexibility index (Phi) is 74.1. The normalized spacial score (nSPS) is 14.0. The van der Waals surface area contributed by atoms with Gasteiger partial charge in [-0.05, 0) is 63.2 Å². The second-order valence-electron chi connectivity index (χ2n) is 30.8. The lowest BCUT2D eigenvalue weighted by Crippen LogP contribution is -2.30. The SMILES string of the molecule is CCCCCC/C=C\C=C/CCCCCCCC(=O)O[C@H](COC(=O)CCCCCCCCC)COP(=O)(O)OC[C@H](O)COP(=O)(O)OC[C@@H](COC(=O)CCCCCCCCCCCCCCCCCCCCC(C)C)OC(=O)CCCCCCCCCCCCCCCCCCCCC(C)C. The molecule has 0 aliphatic heterocycles. The van der Waals surface area contributed by atoms with E-state index < -0.39 is 97.5 Å². The van der Waals surface area contributed by atoms with Crippen LogP contribution in [0.25, 0.3) is 0 Å². The first-order valence-corrected chi connectivity index (χ1v) is 46.3. The Hall–Kier alpha value is -2.46. The van der Waals surface area contributed by atoms with Crippen molar-refractivity contribution in [1.29, 1.82) is 0 Å². The fraction of sp³-hybridized carbons (Fsp3) is 0.906. The van der Waals surface area contributed by atoms with Crippen LogP contribution in [0.1, 0.15) is 427 Å². The van der Waals surface area contributed by atoms with E-state index in [0.29, 0.717) is 25.7 Å². The molecular weight excluding hydrogens is 1350 g/mol. The number of esters is 4. The molecule has 614 valence electrons. The maximum Gasteiger partial charge on any atom is 0.472 e. The van der Waals surface area contributed by atoms with E-state index in [0.717, 1.165) is 127 Å². The standard InChI is InChI=1S/C85H162O17P2/c1-7-9-11-13-15-16-17-18-27-35-40-45-51-57-63-69-84(89)101-80(73-95-82(87)67-61-55-47-14-12-10-8-2)75-99-103(91,92)97-71-79(86)72-98-104(93,94)100-76-81(102-85(90)70-64-58-52-46-41-36-31-26-22-20-24-29-33-38-43-49-54-60-66-78(5)6)74-96-83(88)68-62-56-50-44-39-34-30-25-21-19-23-28-32-37-42-48-53-59-65-77(3)4/h16-18,27,77-81,86H,7-15,19-26,28-76H2,1-6H3,(H,91,92)(H,93,94)/b17-16-,27-18-/t79-,80+,81+/m0/s1. The average Bonchev–Trinajstić information content (AvgIpc) is 0.924. The molecule has 0 aliphatic rings. The van der Waals surface area contributed by atoms with Crippen molar-refractivity contribution >= 4 is 39.5 Å². The number of carbonyl (C=O) groups excluding carboxylic acids is 4. The third kappa shape index (κ3) is 77.7. The molecule has 0 aliphatic carbocycles. The molecule has 0 aromatic heterocycles. The van der Waals surface area contributed by atoms with E-state index in [-0.39, 0.29) is 25.7 Å². The Bertz CT molecular complexity index is 2090. The summed E-state index contributed by atoms with van der Waals surface area (Å²) in [6.07, 6.45) is 70.5. The van der Waals surface area contributed by atoms with Gasteiger partial charge in [0.15, 0.2) is 12.2 Å². The first kappa shape index (κ1) is 102. The van der Waals surface area contributed by atoms with Gasteiger partial charge in [-0.1, -0.05) is 374 Å². The van der Waals surface area contributed by atoms with E-state index in [1.54, 1.807) is 0 Å². The molecule has 0 fully saturated rings. The van der Waals surface area contributed by atoms with Gasteiger partial charge in [-0.25, -0.2) is 9.13 Å². The first-order valence-electron chi connectivity index (χ1n) is 43.3. The molecule has 0 aromatic carbocycles. The summed E-state index contributed by atoms with van der Waals surface area (Å²) in [6.45, 7) is 9.62. The van der Waals surface area contributed by atoms with Gasteiger partial charge in [-0.15, -0.1) is 0 Å². The highest BCUT2D eigenvalue weighted by atomic mass is 31.2. The molecule has 3 N–H and O–H groups in total. The molecule has 0 bridgehead atoms. The number of ether oxygens (including phenoxy) is 4. The summed E-state index contributed by atoms with van der Waals surface area (Å²) in [6, 6.07) is 0. The van der Waals surface area contributed by atoms with Crippen molar-refractivity contribution < 1.29 is 80.2 Å². The van der Waals surface area contributed by atoms with Crippen LogP contribution < -0.4 is 0 Å². The van der Waals surface area contributed by atoms with E-state index in [1.807, 2.05) is 0 Å². The number of aliphatic hydroxyl groups excluding tert-OH is 1. The molecule has 104 heavy (non-hydrogen) atoms. The highest BCUT2D eigenvalue weighted by Gasteiger charge is 2.30. The Labute approximate surface area is 637 Å². The summed E-state index contributed by atoms with van der Waals surface area (Å²) >= 11 is 0. The lowest BCUT2D eigenvalue weighted by atomic mass is 10.0. The van der Waals surface area contributed by atoms with Crippen molar-refractivity contribution in [3.8, 4) is 0 Å². The van der Waals surface area contributed by atoms with Gasteiger partial charge >= 0.3 is 39.5 Å². The monoisotopic (exact) mass is 1520 g/mol. The van der Waals surface area contributed by atoms with Crippen LogP contribution in [0.3, 0.4) is 0 Å². The number of phosphoric ester groups is 2. The van der Waals surface area contributed by atoms with Gasteiger partial charge < -0.3 is 33.8 Å². The minimum absolute atomic E-state index is 0.0849. The Morgan fingerprint density at radius 3 is 0.788 bits per heavy atom. The van der Waals surface area contributed by atoms with Crippen LogP contribution in [0.2, 0.25) is 0 Å². The Morgan fingerprint density at radius 1 is 0.298 bits per heavy atom. The van der Waals surface area contributed by atoms with Gasteiger partial charge in [0.1, 0.15) is 19.3 Å². The van der Waals surface area contributed by atoms with Gasteiger partial charge in [0, 0.05) is 25.7 Å². The largest absolute Gasteiger partial charge is 0.472 e. The van der Waals surface area contributed by atoms with E-state index >= 15 is 0 Å². The average molecular weight is 1520 g/mol. The smallest absolute Gasteiger partial charge is 0.462 e. The number of hydrogen-bond donors (Lipinski definition) is 3. The summed E-state index contributed by atoms with van der Waals surface area (Å²) in [5.74, 6) is -0.499. The Morgan fingerprint density at radius 2 is 0.519 bits per heavy atom. The topological polar surface area (TPSA) is 237 Å². The van der Waals surface area contributed by atoms with Crippen molar-refractivity contribution in [2.45, 2.75) is 445 Å². The van der Waals surface area contributed by atoms with Crippen LogP contribution in [-0.2, 0) is 65.4 Å². The predicted octanol–water partition coefficient (Wildman–Crippen LogP) is 25.4. The van der Waals surface area contributed by atoms with Crippen molar-refractivity contribution in [2.75, 3.05) is 39.6 Å². The molecular formula is C85H162O17P2. The van der Waals surface area contributed by atoms with Crippen molar-refractivity contribution in [3.63, 3.8) is 0 Å². The summed E-state index contributed by atoms with van der Waals surface area (Å²) < 4.78 is 68.6. The minimum atomic E-state index is -4.97. The summed E-state index contributed by atoms with van der Waals surface area (Å²) in [4.78, 5) is 73.0. The zero-order valence-corrected chi connectivity index (χ0v) is 69.6. The number of phosphoric acid groups is 2. The molecule has 0 radical (unpaired) electrons. The molecule has 0 amide bonds. The second kappa shape index (κ2) is 75.9. The zero-order chi connectivity index (χ0) is 76.4. The molecule has 0 saturated heterocycles. The summed E-state index contributed by atoms with van der Waals surface area (Å²) in [7, 11) is -9.93. The van der Waals surface area contributed by atoms with Crippen LogP contribution in [-0.4, -0.2) is 96.7 Å². The molecule has 19 heteroatoms. The van der Waals surface area contributed by atoms with Gasteiger partial charge in [0.2, 0.25) is 0 Å². The number of rotatable bonds is 82. The number of aliphatic hydroxyl groups is 1. The quantitative estimate of drug-likeness (QED) is 0.0169. The highest BCUT2D eigenvalue weighted by molar-refractivity contribution is 7.47. The molecule has 0 saturated carbocycles. The Balaban J connectivity index is 5.19. The molecule has 0 heterocycles. The molecule has 0 aromatic rings. The van der Waals surface area contributed by atoms with Crippen molar-refractivity contribution in [1.82, 2.24) is 0 Å². The lowest BCUT2D eigenvalue weighted by molar-refractivity contribution is -0.161. The van der Waals surface area contributed by atoms with E-state index in [1.165, 1.54) is 218 Å². The van der Waals surface area contributed by atoms with Crippen LogP contribution >= 0.6 is 15.6 Å². The third-order valence-corrected chi connectivity index (χ3v) is 21.2. The maximum atomic E-state index is 13.1. The predicted molar refractivity (Wildman–Crippen MR) is 427 cm³/mol. The zero-order valence-electron chi connectivity index (χ0n) is 67.8.